The van der Waals surface area contributed by atoms with Crippen LogP contribution in [0.4, 0.5) is 0 Å². The fraction of sp³-hybridized carbons (Fsp3) is 0.611. The molecule has 0 radical (unpaired) electrons. The van der Waals surface area contributed by atoms with Gasteiger partial charge in [-0.1, -0.05) is 6.42 Å². The van der Waals surface area contributed by atoms with Crippen LogP contribution in [-0.4, -0.2) is 32.2 Å². The second kappa shape index (κ2) is 6.79. The fourth-order valence-electron chi connectivity index (χ4n) is 4.24. The van der Waals surface area contributed by atoms with Gasteiger partial charge in [-0.05, 0) is 49.7 Å². The standard InChI is InChI=1S/C18H26N2O3/c1-22-14-6-7-15(16(10-14)23-2)18(21)20-17-11-4-3-5-12(17)9-13(19)8-11/h6-7,10-13,17H,3-5,8-9,19H2,1-2H3,(H,20,21). The smallest absolute Gasteiger partial charge is 0.255 e. The molecule has 3 N–H and O–H groups in total. The molecule has 1 amide bonds. The number of carbonyl (C=O) groups excluding carboxylic acids is 1. The highest BCUT2D eigenvalue weighted by Crippen LogP contribution is 2.40. The van der Waals surface area contributed by atoms with Crippen molar-refractivity contribution in [1.29, 1.82) is 0 Å². The first-order valence-corrected chi connectivity index (χ1v) is 8.41. The van der Waals surface area contributed by atoms with E-state index in [-0.39, 0.29) is 18.0 Å². The molecule has 2 bridgehead atoms. The van der Waals surface area contributed by atoms with Gasteiger partial charge in [-0.15, -0.1) is 0 Å². The lowest BCUT2D eigenvalue weighted by atomic mass is 9.67. The Hall–Kier alpha value is -1.75. The van der Waals surface area contributed by atoms with E-state index in [9.17, 15) is 4.79 Å². The topological polar surface area (TPSA) is 73.6 Å². The molecule has 2 aliphatic carbocycles. The second-order valence-corrected chi connectivity index (χ2v) is 6.75. The quantitative estimate of drug-likeness (QED) is 0.893. The monoisotopic (exact) mass is 318 g/mol. The van der Waals surface area contributed by atoms with Gasteiger partial charge in [0.15, 0.2) is 0 Å². The van der Waals surface area contributed by atoms with Gasteiger partial charge in [-0.25, -0.2) is 0 Å². The Labute approximate surface area is 137 Å². The summed E-state index contributed by atoms with van der Waals surface area (Å²) in [6.07, 6.45) is 5.60. The van der Waals surface area contributed by atoms with Crippen LogP contribution < -0.4 is 20.5 Å². The summed E-state index contributed by atoms with van der Waals surface area (Å²) in [6, 6.07) is 5.82. The van der Waals surface area contributed by atoms with Gasteiger partial charge in [0.1, 0.15) is 11.5 Å². The lowest BCUT2D eigenvalue weighted by Crippen LogP contribution is -2.53. The predicted octanol–water partition coefficient (Wildman–Crippen LogP) is 2.34. The lowest BCUT2D eigenvalue weighted by Gasteiger charge is -2.45. The molecule has 0 saturated heterocycles. The van der Waals surface area contributed by atoms with E-state index in [1.54, 1.807) is 32.4 Å². The number of methoxy groups -OCH3 is 2. The summed E-state index contributed by atoms with van der Waals surface area (Å²) in [5, 5.41) is 3.25. The van der Waals surface area contributed by atoms with Crippen molar-refractivity contribution in [2.24, 2.45) is 17.6 Å². The number of fused-ring (bicyclic) bond motifs is 2. The molecule has 2 atom stereocenters. The molecule has 0 heterocycles. The minimum absolute atomic E-state index is 0.0677. The molecule has 1 aromatic carbocycles. The maximum Gasteiger partial charge on any atom is 0.255 e. The highest BCUT2D eigenvalue weighted by atomic mass is 16.5. The zero-order valence-corrected chi connectivity index (χ0v) is 13.9. The number of hydrogen-bond acceptors (Lipinski definition) is 4. The predicted molar refractivity (Wildman–Crippen MR) is 88.8 cm³/mol. The third-order valence-electron chi connectivity index (χ3n) is 5.33. The molecule has 23 heavy (non-hydrogen) atoms. The first-order valence-electron chi connectivity index (χ1n) is 8.41. The Balaban J connectivity index is 1.76. The largest absolute Gasteiger partial charge is 0.497 e. The first kappa shape index (κ1) is 16.1. The van der Waals surface area contributed by atoms with Gasteiger partial charge in [-0.3, -0.25) is 4.79 Å². The molecule has 5 heteroatoms. The van der Waals surface area contributed by atoms with E-state index in [0.717, 1.165) is 25.7 Å². The van der Waals surface area contributed by atoms with Gasteiger partial charge in [0.25, 0.3) is 5.91 Å². The van der Waals surface area contributed by atoms with Crippen molar-refractivity contribution in [2.75, 3.05) is 14.2 Å². The highest BCUT2D eigenvalue weighted by Gasteiger charge is 2.40. The number of ether oxygens (including phenoxy) is 2. The van der Waals surface area contributed by atoms with Crippen molar-refractivity contribution in [3.05, 3.63) is 23.8 Å². The third-order valence-corrected chi connectivity index (χ3v) is 5.33. The second-order valence-electron chi connectivity index (χ2n) is 6.75. The van der Waals surface area contributed by atoms with Crippen molar-refractivity contribution in [3.8, 4) is 11.5 Å². The van der Waals surface area contributed by atoms with E-state index < -0.39 is 0 Å². The number of carbonyl (C=O) groups is 1. The van der Waals surface area contributed by atoms with Crippen LogP contribution in [0, 0.1) is 11.8 Å². The van der Waals surface area contributed by atoms with E-state index in [1.165, 1.54) is 6.42 Å². The molecule has 2 saturated carbocycles. The maximum atomic E-state index is 12.7. The summed E-state index contributed by atoms with van der Waals surface area (Å²) in [5.74, 6) is 2.16. The number of rotatable bonds is 4. The number of amides is 1. The lowest BCUT2D eigenvalue weighted by molar-refractivity contribution is 0.0753. The van der Waals surface area contributed by atoms with Gasteiger partial charge in [0, 0.05) is 18.2 Å². The summed E-state index contributed by atoms with van der Waals surface area (Å²) >= 11 is 0. The van der Waals surface area contributed by atoms with Crippen LogP contribution >= 0.6 is 0 Å². The summed E-state index contributed by atoms with van der Waals surface area (Å²) in [5.41, 5.74) is 6.72. The van der Waals surface area contributed by atoms with Crippen LogP contribution in [0.25, 0.3) is 0 Å². The molecule has 5 nitrogen and oxygen atoms in total. The SMILES string of the molecule is COc1ccc(C(=O)NC2C3CCCC2CC(N)C3)c(OC)c1. The average molecular weight is 318 g/mol. The summed E-state index contributed by atoms with van der Waals surface area (Å²) in [6.45, 7) is 0. The molecule has 0 aromatic heterocycles. The van der Waals surface area contributed by atoms with Crippen molar-refractivity contribution in [1.82, 2.24) is 5.32 Å². The Bertz CT molecular complexity index is 561. The molecule has 1 aromatic rings. The Morgan fingerprint density at radius 1 is 1.17 bits per heavy atom. The van der Waals surface area contributed by atoms with Gasteiger partial charge in [-0.2, -0.15) is 0 Å². The van der Waals surface area contributed by atoms with Gasteiger partial charge < -0.3 is 20.5 Å². The van der Waals surface area contributed by atoms with E-state index in [1.807, 2.05) is 0 Å². The van der Waals surface area contributed by atoms with Crippen LogP contribution in [0.2, 0.25) is 0 Å². The normalized spacial score (nSPS) is 29.7. The fourth-order valence-corrected chi connectivity index (χ4v) is 4.24. The highest BCUT2D eigenvalue weighted by molar-refractivity contribution is 5.97. The number of benzene rings is 1. The maximum absolute atomic E-state index is 12.7. The van der Waals surface area contributed by atoms with Gasteiger partial charge >= 0.3 is 0 Å². The Morgan fingerprint density at radius 3 is 2.48 bits per heavy atom. The Morgan fingerprint density at radius 2 is 1.87 bits per heavy atom. The molecular weight excluding hydrogens is 292 g/mol. The first-order chi connectivity index (χ1) is 11.1. The van der Waals surface area contributed by atoms with Crippen molar-refractivity contribution < 1.29 is 14.3 Å². The molecule has 2 unspecified atom stereocenters. The minimum Gasteiger partial charge on any atom is -0.497 e. The Kier molecular flexibility index (Phi) is 4.76. The van der Waals surface area contributed by atoms with Crippen LogP contribution in [0.3, 0.4) is 0 Å². The van der Waals surface area contributed by atoms with E-state index in [2.05, 4.69) is 5.32 Å². The van der Waals surface area contributed by atoms with Crippen molar-refractivity contribution >= 4 is 5.91 Å². The van der Waals surface area contributed by atoms with Crippen molar-refractivity contribution in [2.45, 2.75) is 44.2 Å². The number of nitrogens with two attached hydrogens (primary N) is 1. The van der Waals surface area contributed by atoms with E-state index in [0.29, 0.717) is 28.9 Å². The van der Waals surface area contributed by atoms with Crippen LogP contribution in [0.1, 0.15) is 42.5 Å². The van der Waals surface area contributed by atoms with Crippen LogP contribution in [0.5, 0.6) is 11.5 Å². The summed E-state index contributed by atoms with van der Waals surface area (Å²) in [7, 11) is 3.17. The summed E-state index contributed by atoms with van der Waals surface area (Å²) in [4.78, 5) is 12.7. The molecule has 2 aliphatic rings. The molecule has 0 spiro atoms. The van der Waals surface area contributed by atoms with Gasteiger partial charge in [0.05, 0.1) is 19.8 Å². The molecule has 2 fully saturated rings. The van der Waals surface area contributed by atoms with Gasteiger partial charge in [0.2, 0.25) is 0 Å². The molecule has 3 rings (SSSR count). The van der Waals surface area contributed by atoms with E-state index >= 15 is 0 Å². The van der Waals surface area contributed by atoms with Crippen LogP contribution in [0.15, 0.2) is 18.2 Å². The number of nitrogens with one attached hydrogen (secondary N) is 1. The average Bonchev–Trinajstić information content (AvgIpc) is 2.55. The number of hydrogen-bond donors (Lipinski definition) is 2. The van der Waals surface area contributed by atoms with E-state index in [4.69, 9.17) is 15.2 Å². The van der Waals surface area contributed by atoms with Crippen molar-refractivity contribution in [3.63, 3.8) is 0 Å². The third kappa shape index (κ3) is 3.29. The van der Waals surface area contributed by atoms with Crippen LogP contribution in [-0.2, 0) is 0 Å². The molecule has 0 aliphatic heterocycles. The minimum atomic E-state index is -0.0677. The zero-order valence-electron chi connectivity index (χ0n) is 13.9. The summed E-state index contributed by atoms with van der Waals surface area (Å²) < 4.78 is 10.5. The molecule has 126 valence electrons. The molecular formula is C18H26N2O3. The zero-order chi connectivity index (χ0) is 16.4.